The number of hydrogen-bond acceptors (Lipinski definition) is 4. The summed E-state index contributed by atoms with van der Waals surface area (Å²) in [6.45, 7) is 3.36. The molecule has 2 rings (SSSR count). The quantitative estimate of drug-likeness (QED) is 0.746. The van der Waals surface area contributed by atoms with Crippen LogP contribution in [0.1, 0.15) is 32.6 Å². The molecule has 2 aliphatic rings. The molecule has 1 N–H and O–H groups in total. The fourth-order valence-electron chi connectivity index (χ4n) is 2.81. The van der Waals surface area contributed by atoms with Crippen LogP contribution in [-0.4, -0.2) is 53.9 Å². The van der Waals surface area contributed by atoms with Crippen LogP contribution in [0.15, 0.2) is 0 Å². The maximum Gasteiger partial charge on any atom is 0.254 e. The molecule has 2 heterocycles. The van der Waals surface area contributed by atoms with Crippen molar-refractivity contribution in [1.82, 2.24) is 15.3 Å². The highest BCUT2D eigenvalue weighted by molar-refractivity contribution is 5.89. The zero-order valence-electron chi connectivity index (χ0n) is 10.6. The maximum atomic E-state index is 12.4. The molecule has 2 atom stereocenters. The smallest absolute Gasteiger partial charge is 0.254 e. The van der Waals surface area contributed by atoms with Gasteiger partial charge in [0, 0.05) is 13.1 Å². The van der Waals surface area contributed by atoms with Gasteiger partial charge in [0.1, 0.15) is 6.04 Å². The van der Waals surface area contributed by atoms with Gasteiger partial charge in [-0.3, -0.25) is 14.6 Å². The van der Waals surface area contributed by atoms with Gasteiger partial charge in [-0.05, 0) is 39.7 Å². The zero-order chi connectivity index (χ0) is 12.4. The first-order valence-electron chi connectivity index (χ1n) is 6.41. The fourth-order valence-corrected chi connectivity index (χ4v) is 2.81. The number of nitrogens with zero attached hydrogens (tertiary/aromatic N) is 2. The average molecular weight is 239 g/mol. The van der Waals surface area contributed by atoms with E-state index in [2.05, 4.69) is 10.3 Å². The molecule has 2 aliphatic heterocycles. The number of likely N-dealkylation sites (N-methyl/N-ethyl adjacent to an activating group) is 1. The monoisotopic (exact) mass is 239 g/mol. The molecular formula is C12H21N3O2. The Hall–Kier alpha value is -0.940. The van der Waals surface area contributed by atoms with Gasteiger partial charge in [-0.1, -0.05) is 0 Å². The van der Waals surface area contributed by atoms with E-state index in [9.17, 15) is 9.59 Å². The third-order valence-corrected chi connectivity index (χ3v) is 3.74. The normalized spacial score (nSPS) is 30.9. The first-order valence-corrected chi connectivity index (χ1v) is 6.41. The van der Waals surface area contributed by atoms with Crippen molar-refractivity contribution in [2.24, 2.45) is 0 Å². The van der Waals surface area contributed by atoms with E-state index in [-0.39, 0.29) is 23.8 Å². The molecule has 5 heteroatoms. The first kappa shape index (κ1) is 12.5. The number of carbonyl (C=O) groups is 2. The van der Waals surface area contributed by atoms with Crippen molar-refractivity contribution >= 4 is 11.7 Å². The molecule has 0 aromatic carbocycles. The van der Waals surface area contributed by atoms with E-state index in [4.69, 9.17) is 0 Å². The lowest BCUT2D eigenvalue weighted by Gasteiger charge is -2.42. The van der Waals surface area contributed by atoms with Crippen molar-refractivity contribution in [2.75, 3.05) is 20.1 Å². The van der Waals surface area contributed by atoms with E-state index < -0.39 is 0 Å². The molecule has 0 saturated carbocycles. The van der Waals surface area contributed by atoms with E-state index in [1.54, 1.807) is 11.9 Å². The molecule has 17 heavy (non-hydrogen) atoms. The van der Waals surface area contributed by atoms with Gasteiger partial charge < -0.3 is 5.32 Å². The maximum absolute atomic E-state index is 12.4. The van der Waals surface area contributed by atoms with Crippen molar-refractivity contribution in [3.63, 3.8) is 0 Å². The van der Waals surface area contributed by atoms with Gasteiger partial charge in [0.05, 0.1) is 6.04 Å². The van der Waals surface area contributed by atoms with Crippen LogP contribution < -0.4 is 5.32 Å². The van der Waals surface area contributed by atoms with Crippen molar-refractivity contribution < 1.29 is 9.59 Å². The van der Waals surface area contributed by atoms with Crippen LogP contribution in [0.4, 0.5) is 0 Å². The van der Waals surface area contributed by atoms with Gasteiger partial charge in [-0.2, -0.15) is 0 Å². The van der Waals surface area contributed by atoms with Crippen LogP contribution in [0, 0.1) is 0 Å². The molecule has 0 spiro atoms. The SMILES string of the molecule is CN[C@H]1CCCN2CCC[C@@H](C(C)=O)N2C1=O. The lowest BCUT2D eigenvalue weighted by Crippen LogP contribution is -2.60. The summed E-state index contributed by atoms with van der Waals surface area (Å²) in [4.78, 5) is 24.1. The molecule has 0 aliphatic carbocycles. The number of carbonyl (C=O) groups excluding carboxylic acids is 2. The second-order valence-corrected chi connectivity index (χ2v) is 4.89. The number of fused-ring (bicyclic) bond motifs is 1. The first-order chi connectivity index (χ1) is 8.15. The third-order valence-electron chi connectivity index (χ3n) is 3.74. The van der Waals surface area contributed by atoms with E-state index in [0.29, 0.717) is 0 Å². The zero-order valence-corrected chi connectivity index (χ0v) is 10.6. The van der Waals surface area contributed by atoms with Crippen LogP contribution >= 0.6 is 0 Å². The van der Waals surface area contributed by atoms with E-state index in [1.165, 1.54) is 0 Å². The van der Waals surface area contributed by atoms with E-state index in [0.717, 1.165) is 38.8 Å². The molecule has 0 bridgehead atoms. The second kappa shape index (κ2) is 5.14. The summed E-state index contributed by atoms with van der Waals surface area (Å²) in [5, 5.41) is 6.84. The van der Waals surface area contributed by atoms with Gasteiger partial charge >= 0.3 is 0 Å². The van der Waals surface area contributed by atoms with Crippen molar-refractivity contribution in [1.29, 1.82) is 0 Å². The van der Waals surface area contributed by atoms with Gasteiger partial charge in [0.2, 0.25) is 0 Å². The minimum Gasteiger partial charge on any atom is -0.309 e. The Morgan fingerprint density at radius 2 is 1.94 bits per heavy atom. The number of Topliss-reactive ketones (excluding diaryl/α,β-unsaturated/α-hetero) is 1. The van der Waals surface area contributed by atoms with E-state index >= 15 is 0 Å². The fraction of sp³-hybridized carbons (Fsp3) is 0.833. The van der Waals surface area contributed by atoms with Crippen molar-refractivity contribution in [3.8, 4) is 0 Å². The number of rotatable bonds is 2. The van der Waals surface area contributed by atoms with Crippen LogP contribution in [0.2, 0.25) is 0 Å². The van der Waals surface area contributed by atoms with Gasteiger partial charge in [-0.15, -0.1) is 0 Å². The Morgan fingerprint density at radius 3 is 2.53 bits per heavy atom. The van der Waals surface area contributed by atoms with Gasteiger partial charge in [0.15, 0.2) is 5.78 Å². The number of hydrogen-bond donors (Lipinski definition) is 1. The number of nitrogens with one attached hydrogen (secondary N) is 1. The molecule has 0 aromatic heterocycles. The molecule has 0 aromatic rings. The minimum atomic E-state index is -0.245. The minimum absolute atomic E-state index is 0.0601. The molecule has 2 fully saturated rings. The van der Waals surface area contributed by atoms with Gasteiger partial charge in [0.25, 0.3) is 5.91 Å². The Labute approximate surface area is 102 Å². The molecule has 1 amide bonds. The van der Waals surface area contributed by atoms with Crippen molar-refractivity contribution in [2.45, 2.75) is 44.7 Å². The highest BCUT2D eigenvalue weighted by atomic mass is 16.2. The lowest BCUT2D eigenvalue weighted by atomic mass is 10.0. The van der Waals surface area contributed by atoms with Crippen molar-refractivity contribution in [3.05, 3.63) is 0 Å². The third kappa shape index (κ3) is 2.35. The Balaban J connectivity index is 2.24. The molecular weight excluding hydrogens is 218 g/mol. The summed E-state index contributed by atoms with van der Waals surface area (Å²) in [7, 11) is 1.81. The van der Waals surface area contributed by atoms with Gasteiger partial charge in [-0.25, -0.2) is 5.01 Å². The summed E-state index contributed by atoms with van der Waals surface area (Å²) in [5.74, 6) is 0.157. The molecule has 0 unspecified atom stereocenters. The second-order valence-electron chi connectivity index (χ2n) is 4.89. The molecule has 0 radical (unpaired) electrons. The van der Waals surface area contributed by atoms with E-state index in [1.807, 2.05) is 7.05 Å². The standard InChI is InChI=1S/C12H21N3O2/c1-9(16)11-6-4-8-14-7-3-5-10(13-2)12(17)15(11)14/h10-11,13H,3-8H2,1-2H3/t10-,11-/m0/s1. The number of hydrazine groups is 1. The Bertz CT molecular complexity index is 319. The highest BCUT2D eigenvalue weighted by Gasteiger charge is 2.39. The summed E-state index contributed by atoms with van der Waals surface area (Å²) < 4.78 is 0. The predicted octanol–water partition coefficient (Wildman–Crippen LogP) is 0.165. The summed E-state index contributed by atoms with van der Waals surface area (Å²) >= 11 is 0. The molecule has 96 valence electrons. The highest BCUT2D eigenvalue weighted by Crippen LogP contribution is 2.24. The predicted molar refractivity (Wildman–Crippen MR) is 64.2 cm³/mol. The lowest BCUT2D eigenvalue weighted by molar-refractivity contribution is -0.165. The summed E-state index contributed by atoms with van der Waals surface area (Å²) in [5.41, 5.74) is 0. The van der Waals surface area contributed by atoms with Crippen LogP contribution in [0.3, 0.4) is 0 Å². The van der Waals surface area contributed by atoms with Crippen LogP contribution in [0.25, 0.3) is 0 Å². The topological polar surface area (TPSA) is 52.7 Å². The Morgan fingerprint density at radius 1 is 1.29 bits per heavy atom. The van der Waals surface area contributed by atoms with Crippen LogP contribution in [-0.2, 0) is 9.59 Å². The molecule has 2 saturated heterocycles. The average Bonchev–Trinajstić information content (AvgIpc) is 2.48. The number of ketones is 1. The number of amides is 1. The van der Waals surface area contributed by atoms with Crippen LogP contribution in [0.5, 0.6) is 0 Å². The summed E-state index contributed by atoms with van der Waals surface area (Å²) in [6.07, 6.45) is 3.65. The molecule has 5 nitrogen and oxygen atoms in total. The largest absolute Gasteiger partial charge is 0.309 e. The Kier molecular flexibility index (Phi) is 3.79. The summed E-state index contributed by atoms with van der Waals surface area (Å²) in [6, 6.07) is -0.384.